The highest BCUT2D eigenvalue weighted by Crippen LogP contribution is 2.16. The number of hydrogen-bond acceptors (Lipinski definition) is 4. The quantitative estimate of drug-likeness (QED) is 0.790. The van der Waals surface area contributed by atoms with E-state index >= 15 is 0 Å². The summed E-state index contributed by atoms with van der Waals surface area (Å²) in [6.07, 6.45) is -0.151. The summed E-state index contributed by atoms with van der Waals surface area (Å²) in [5, 5.41) is 6.53. The number of hydrogen-bond donors (Lipinski definition) is 2. The molecule has 1 unspecified atom stereocenters. The topological polar surface area (TPSA) is 84.1 Å². The van der Waals surface area contributed by atoms with Crippen molar-refractivity contribution in [2.45, 2.75) is 38.7 Å². The van der Waals surface area contributed by atoms with Crippen LogP contribution in [0.1, 0.15) is 25.2 Å². The van der Waals surface area contributed by atoms with E-state index in [1.165, 1.54) is 0 Å². The maximum Gasteiger partial charge on any atom is 0.244 e. The molecule has 6 nitrogen and oxygen atoms in total. The first-order chi connectivity index (χ1) is 7.88. The minimum atomic E-state index is -3.52. The van der Waals surface area contributed by atoms with Crippen LogP contribution in [0.3, 0.4) is 0 Å². The fourth-order valence-corrected chi connectivity index (χ4v) is 3.06. The van der Waals surface area contributed by atoms with Gasteiger partial charge in [-0.15, -0.1) is 0 Å². The molecule has 0 aromatic carbocycles. The number of nitrogens with zero attached hydrogens (tertiary/aromatic N) is 1. The van der Waals surface area contributed by atoms with Gasteiger partial charge >= 0.3 is 0 Å². The standard InChI is InChI=1S/C10H19N3O3S/c1-5-16-7(2)6-11-17(14,15)10-8(3)12-13-9(10)4/h7,11H,5-6H2,1-4H3,(H,12,13). The van der Waals surface area contributed by atoms with Crippen LogP contribution in [-0.4, -0.2) is 37.9 Å². The molecule has 7 heteroatoms. The van der Waals surface area contributed by atoms with Crippen molar-refractivity contribution in [3.63, 3.8) is 0 Å². The lowest BCUT2D eigenvalue weighted by atomic mass is 10.4. The van der Waals surface area contributed by atoms with Gasteiger partial charge in [-0.25, -0.2) is 13.1 Å². The lowest BCUT2D eigenvalue weighted by Crippen LogP contribution is -2.32. The molecule has 0 spiro atoms. The number of aryl methyl sites for hydroxylation is 2. The highest BCUT2D eigenvalue weighted by molar-refractivity contribution is 7.89. The van der Waals surface area contributed by atoms with Gasteiger partial charge in [0.2, 0.25) is 10.0 Å². The van der Waals surface area contributed by atoms with Crippen molar-refractivity contribution < 1.29 is 13.2 Å². The minimum Gasteiger partial charge on any atom is -0.377 e. The molecule has 0 aliphatic carbocycles. The molecular formula is C10H19N3O3S. The predicted molar refractivity (Wildman–Crippen MR) is 64.3 cm³/mol. The molecule has 1 atom stereocenters. The van der Waals surface area contributed by atoms with Gasteiger partial charge in [-0.1, -0.05) is 0 Å². The van der Waals surface area contributed by atoms with Crippen LogP contribution in [-0.2, 0) is 14.8 Å². The van der Waals surface area contributed by atoms with Crippen molar-refractivity contribution in [2.75, 3.05) is 13.2 Å². The van der Waals surface area contributed by atoms with E-state index in [-0.39, 0.29) is 17.5 Å². The molecule has 1 rings (SSSR count). The minimum absolute atomic E-state index is 0.151. The molecule has 0 aliphatic rings. The normalized spacial score (nSPS) is 13.9. The van der Waals surface area contributed by atoms with Crippen LogP contribution in [0.5, 0.6) is 0 Å². The zero-order valence-electron chi connectivity index (χ0n) is 10.6. The van der Waals surface area contributed by atoms with Gasteiger partial charge in [0.15, 0.2) is 0 Å². The van der Waals surface area contributed by atoms with Crippen LogP contribution in [0.15, 0.2) is 4.90 Å². The van der Waals surface area contributed by atoms with E-state index in [1.54, 1.807) is 13.8 Å². The number of sulfonamides is 1. The van der Waals surface area contributed by atoms with Crippen molar-refractivity contribution in [3.05, 3.63) is 11.4 Å². The Labute approximate surface area is 102 Å². The molecule has 0 fully saturated rings. The second kappa shape index (κ2) is 5.61. The van der Waals surface area contributed by atoms with Gasteiger partial charge in [0.1, 0.15) is 4.90 Å². The van der Waals surface area contributed by atoms with Crippen LogP contribution < -0.4 is 4.72 Å². The molecule has 0 amide bonds. The van der Waals surface area contributed by atoms with Crippen molar-refractivity contribution in [1.29, 1.82) is 0 Å². The highest BCUT2D eigenvalue weighted by Gasteiger charge is 2.22. The van der Waals surface area contributed by atoms with Gasteiger partial charge in [-0.2, -0.15) is 5.10 Å². The van der Waals surface area contributed by atoms with Crippen LogP contribution in [0.4, 0.5) is 0 Å². The average molecular weight is 261 g/mol. The summed E-state index contributed by atoms with van der Waals surface area (Å²) in [5.41, 5.74) is 1.01. The van der Waals surface area contributed by atoms with E-state index in [0.29, 0.717) is 18.0 Å². The van der Waals surface area contributed by atoms with Crippen LogP contribution in [0.2, 0.25) is 0 Å². The maximum atomic E-state index is 12.0. The molecule has 0 saturated heterocycles. The molecule has 17 heavy (non-hydrogen) atoms. The van der Waals surface area contributed by atoms with Gasteiger partial charge in [0.25, 0.3) is 0 Å². The molecule has 2 N–H and O–H groups in total. The third-order valence-corrected chi connectivity index (χ3v) is 4.03. The van der Waals surface area contributed by atoms with E-state index in [4.69, 9.17) is 4.74 Å². The third-order valence-electron chi connectivity index (χ3n) is 2.34. The van der Waals surface area contributed by atoms with Crippen molar-refractivity contribution >= 4 is 10.0 Å². The van der Waals surface area contributed by atoms with Crippen molar-refractivity contribution in [3.8, 4) is 0 Å². The van der Waals surface area contributed by atoms with Gasteiger partial charge in [0.05, 0.1) is 17.5 Å². The summed E-state index contributed by atoms with van der Waals surface area (Å²) in [4.78, 5) is 0.223. The van der Waals surface area contributed by atoms with E-state index in [0.717, 1.165) is 0 Å². The zero-order valence-corrected chi connectivity index (χ0v) is 11.4. The molecule has 0 bridgehead atoms. The van der Waals surface area contributed by atoms with Gasteiger partial charge in [-0.05, 0) is 27.7 Å². The summed E-state index contributed by atoms with van der Waals surface area (Å²) in [5.74, 6) is 0. The first-order valence-corrected chi connectivity index (χ1v) is 6.99. The Morgan fingerprint density at radius 2 is 2.12 bits per heavy atom. The average Bonchev–Trinajstić information content (AvgIpc) is 2.57. The number of H-pyrrole nitrogens is 1. The largest absolute Gasteiger partial charge is 0.377 e. The first kappa shape index (κ1) is 14.1. The highest BCUT2D eigenvalue weighted by atomic mass is 32.2. The molecule has 1 heterocycles. The smallest absolute Gasteiger partial charge is 0.244 e. The number of nitrogens with one attached hydrogen (secondary N) is 2. The van der Waals surface area contributed by atoms with Gasteiger partial charge in [-0.3, -0.25) is 5.10 Å². The number of aromatic nitrogens is 2. The SMILES string of the molecule is CCOC(C)CNS(=O)(=O)c1c(C)n[nH]c1C. The summed E-state index contributed by atoms with van der Waals surface area (Å²) in [7, 11) is -3.52. The van der Waals surface area contributed by atoms with Gasteiger partial charge < -0.3 is 4.74 Å². The van der Waals surface area contributed by atoms with Gasteiger partial charge in [0, 0.05) is 13.2 Å². The van der Waals surface area contributed by atoms with E-state index < -0.39 is 10.0 Å². The molecule has 1 aromatic heterocycles. The first-order valence-electron chi connectivity index (χ1n) is 5.51. The Kier molecular flexibility index (Phi) is 4.67. The second-order valence-corrected chi connectivity index (χ2v) is 5.58. The Hall–Kier alpha value is -0.920. The molecular weight excluding hydrogens is 242 g/mol. The van der Waals surface area contributed by atoms with E-state index in [2.05, 4.69) is 14.9 Å². The summed E-state index contributed by atoms with van der Waals surface area (Å²) >= 11 is 0. The predicted octanol–water partition coefficient (Wildman–Crippen LogP) is 0.730. The Morgan fingerprint density at radius 3 is 2.59 bits per heavy atom. The second-order valence-electron chi connectivity index (χ2n) is 3.88. The Morgan fingerprint density at radius 1 is 1.47 bits per heavy atom. The monoisotopic (exact) mass is 261 g/mol. The van der Waals surface area contributed by atoms with Crippen LogP contribution in [0, 0.1) is 13.8 Å². The molecule has 0 aliphatic heterocycles. The lowest BCUT2D eigenvalue weighted by Gasteiger charge is -2.12. The van der Waals surface area contributed by atoms with E-state index in [9.17, 15) is 8.42 Å². The van der Waals surface area contributed by atoms with Crippen LogP contribution in [0.25, 0.3) is 0 Å². The fourth-order valence-electron chi connectivity index (χ4n) is 1.58. The van der Waals surface area contributed by atoms with E-state index in [1.807, 2.05) is 13.8 Å². The molecule has 1 aromatic rings. The number of ether oxygens (including phenoxy) is 1. The number of aromatic amines is 1. The summed E-state index contributed by atoms with van der Waals surface area (Å²) in [6.45, 7) is 7.84. The zero-order chi connectivity index (χ0) is 13.1. The molecule has 98 valence electrons. The van der Waals surface area contributed by atoms with Crippen molar-refractivity contribution in [2.24, 2.45) is 0 Å². The fraction of sp³-hybridized carbons (Fsp3) is 0.700. The summed E-state index contributed by atoms with van der Waals surface area (Å²) < 4.78 is 31.8. The molecule has 0 saturated carbocycles. The molecule has 0 radical (unpaired) electrons. The lowest BCUT2D eigenvalue weighted by molar-refractivity contribution is 0.0799. The maximum absolute atomic E-state index is 12.0. The third kappa shape index (κ3) is 3.52. The number of rotatable bonds is 6. The van der Waals surface area contributed by atoms with Crippen molar-refractivity contribution in [1.82, 2.24) is 14.9 Å². The summed E-state index contributed by atoms with van der Waals surface area (Å²) in [6, 6.07) is 0. The Balaban J connectivity index is 2.76. The van der Waals surface area contributed by atoms with Crippen LogP contribution >= 0.6 is 0 Å². The Bertz CT molecular complexity index is 448.